The summed E-state index contributed by atoms with van der Waals surface area (Å²) in [6.07, 6.45) is -0.0217. The quantitative estimate of drug-likeness (QED) is 0.632. The number of benzene rings is 1. The second-order valence-corrected chi connectivity index (χ2v) is 4.17. The van der Waals surface area contributed by atoms with Crippen molar-refractivity contribution in [2.24, 2.45) is 0 Å². The van der Waals surface area contributed by atoms with E-state index in [1.807, 2.05) is 25.1 Å². The summed E-state index contributed by atoms with van der Waals surface area (Å²) in [5.41, 5.74) is 3.09. The molecule has 0 heterocycles. The molecule has 0 saturated carbocycles. The molecule has 0 fully saturated rings. The molecule has 1 unspecified atom stereocenters. The van der Waals surface area contributed by atoms with Gasteiger partial charge < -0.3 is 20.8 Å². The summed E-state index contributed by atoms with van der Waals surface area (Å²) in [4.78, 5) is 11.5. The van der Waals surface area contributed by atoms with Gasteiger partial charge in [0.05, 0.1) is 12.7 Å². The van der Waals surface area contributed by atoms with Crippen molar-refractivity contribution in [1.82, 2.24) is 5.32 Å². The van der Waals surface area contributed by atoms with Crippen molar-refractivity contribution >= 4 is 11.7 Å². The Balaban J connectivity index is 2.54. The van der Waals surface area contributed by atoms with Crippen molar-refractivity contribution in [3.63, 3.8) is 0 Å². The van der Waals surface area contributed by atoms with Crippen molar-refractivity contribution in [2.45, 2.75) is 26.4 Å². The maximum absolute atomic E-state index is 11.5. The molecule has 5 heteroatoms. The normalized spacial score (nSPS) is 12.0. The Morgan fingerprint density at radius 3 is 2.78 bits per heavy atom. The van der Waals surface area contributed by atoms with E-state index in [2.05, 4.69) is 17.6 Å². The van der Waals surface area contributed by atoms with Crippen LogP contribution in [0.4, 0.5) is 10.5 Å². The van der Waals surface area contributed by atoms with Gasteiger partial charge in [-0.05, 0) is 36.6 Å². The second kappa shape index (κ2) is 6.98. The van der Waals surface area contributed by atoms with Crippen molar-refractivity contribution in [1.29, 1.82) is 0 Å². The Hall–Kier alpha value is -1.59. The van der Waals surface area contributed by atoms with Crippen molar-refractivity contribution < 1.29 is 15.0 Å². The summed E-state index contributed by atoms with van der Waals surface area (Å²) in [6, 6.07) is 5.32. The van der Waals surface area contributed by atoms with Gasteiger partial charge in [0.1, 0.15) is 0 Å². The third-order valence-electron chi connectivity index (χ3n) is 2.70. The number of amides is 2. The number of rotatable bonds is 5. The number of nitrogens with one attached hydrogen (secondary N) is 2. The van der Waals surface area contributed by atoms with E-state index in [4.69, 9.17) is 10.2 Å². The van der Waals surface area contributed by atoms with E-state index in [9.17, 15) is 4.79 Å². The van der Waals surface area contributed by atoms with Crippen LogP contribution in [-0.4, -0.2) is 35.5 Å². The Morgan fingerprint density at radius 2 is 2.17 bits per heavy atom. The molecule has 0 aromatic heterocycles. The minimum Gasteiger partial charge on any atom is -0.394 e. The van der Waals surface area contributed by atoms with Crippen molar-refractivity contribution in [3.8, 4) is 0 Å². The molecule has 2 amide bonds. The number of aryl methyl sites for hydroxylation is 2. The average Bonchev–Trinajstić information content (AvgIpc) is 2.38. The van der Waals surface area contributed by atoms with Gasteiger partial charge in [-0.15, -0.1) is 0 Å². The third kappa shape index (κ3) is 4.35. The summed E-state index contributed by atoms with van der Waals surface area (Å²) >= 11 is 0. The van der Waals surface area contributed by atoms with E-state index in [0.29, 0.717) is 5.69 Å². The molecule has 1 aromatic rings. The summed E-state index contributed by atoms with van der Waals surface area (Å²) < 4.78 is 0. The first-order valence-electron chi connectivity index (χ1n) is 6.00. The SMILES string of the molecule is CCc1cc(NC(=O)NCC(O)CO)ccc1C. The fraction of sp³-hybridized carbons (Fsp3) is 0.462. The van der Waals surface area contributed by atoms with Gasteiger partial charge in [-0.1, -0.05) is 13.0 Å². The van der Waals surface area contributed by atoms with Gasteiger partial charge in [0, 0.05) is 12.2 Å². The Labute approximate surface area is 107 Å². The number of hydrogen-bond donors (Lipinski definition) is 4. The molecule has 0 aliphatic carbocycles. The first-order valence-corrected chi connectivity index (χ1v) is 6.00. The highest BCUT2D eigenvalue weighted by atomic mass is 16.3. The van der Waals surface area contributed by atoms with Gasteiger partial charge in [-0.3, -0.25) is 0 Å². The zero-order valence-corrected chi connectivity index (χ0v) is 10.7. The van der Waals surface area contributed by atoms with Crippen LogP contribution in [0, 0.1) is 6.92 Å². The van der Waals surface area contributed by atoms with Crippen LogP contribution in [0.15, 0.2) is 18.2 Å². The fourth-order valence-electron chi connectivity index (χ4n) is 1.58. The minimum absolute atomic E-state index is 0.0226. The van der Waals surface area contributed by atoms with Gasteiger partial charge >= 0.3 is 6.03 Å². The van der Waals surface area contributed by atoms with Gasteiger partial charge in [-0.25, -0.2) is 4.79 Å². The van der Waals surface area contributed by atoms with Gasteiger partial charge in [0.25, 0.3) is 0 Å². The van der Waals surface area contributed by atoms with E-state index in [1.54, 1.807) is 0 Å². The number of hydrogen-bond acceptors (Lipinski definition) is 3. The molecule has 18 heavy (non-hydrogen) atoms. The van der Waals surface area contributed by atoms with E-state index < -0.39 is 12.1 Å². The molecule has 0 bridgehead atoms. The molecule has 0 aliphatic rings. The topological polar surface area (TPSA) is 81.6 Å². The number of urea groups is 1. The van der Waals surface area contributed by atoms with Crippen LogP contribution in [0.25, 0.3) is 0 Å². The summed E-state index contributed by atoms with van der Waals surface area (Å²) in [7, 11) is 0. The smallest absolute Gasteiger partial charge is 0.319 e. The predicted octanol–water partition coefficient (Wildman–Crippen LogP) is 1.03. The lowest BCUT2D eigenvalue weighted by Crippen LogP contribution is -2.36. The third-order valence-corrected chi connectivity index (χ3v) is 2.70. The molecule has 0 radical (unpaired) electrons. The number of aliphatic hydroxyl groups is 2. The van der Waals surface area contributed by atoms with Gasteiger partial charge in [0.15, 0.2) is 0 Å². The summed E-state index contributed by atoms with van der Waals surface area (Å²) in [5, 5.41) is 22.9. The maximum Gasteiger partial charge on any atom is 0.319 e. The first-order chi connectivity index (χ1) is 8.56. The molecule has 1 rings (SSSR count). The standard InChI is InChI=1S/C13H20N2O3/c1-3-10-6-11(5-4-9(10)2)15-13(18)14-7-12(17)8-16/h4-6,12,16-17H,3,7-8H2,1-2H3,(H2,14,15,18). The molecule has 1 aromatic carbocycles. The molecule has 4 N–H and O–H groups in total. The number of carbonyl (C=O) groups excluding carboxylic acids is 1. The zero-order chi connectivity index (χ0) is 13.5. The zero-order valence-electron chi connectivity index (χ0n) is 10.7. The predicted molar refractivity (Wildman–Crippen MR) is 70.7 cm³/mol. The molecule has 5 nitrogen and oxygen atoms in total. The fourth-order valence-corrected chi connectivity index (χ4v) is 1.58. The monoisotopic (exact) mass is 252 g/mol. The highest BCUT2D eigenvalue weighted by Crippen LogP contribution is 2.15. The molecule has 1 atom stereocenters. The Bertz CT molecular complexity index is 407. The minimum atomic E-state index is -0.931. The molecular weight excluding hydrogens is 232 g/mol. The van der Waals surface area contributed by atoms with E-state index >= 15 is 0 Å². The van der Waals surface area contributed by atoms with Gasteiger partial charge in [0.2, 0.25) is 0 Å². The molecule has 0 aliphatic heterocycles. The first kappa shape index (κ1) is 14.5. The Kier molecular flexibility index (Phi) is 5.61. The molecule has 0 spiro atoms. The van der Waals surface area contributed by atoms with Crippen LogP contribution in [0.5, 0.6) is 0 Å². The molecule has 100 valence electrons. The summed E-state index contributed by atoms with van der Waals surface area (Å²) in [5.74, 6) is 0. The van der Waals surface area contributed by atoms with Crippen LogP contribution in [-0.2, 0) is 6.42 Å². The van der Waals surface area contributed by atoms with E-state index in [-0.39, 0.29) is 13.2 Å². The van der Waals surface area contributed by atoms with E-state index in [0.717, 1.165) is 6.42 Å². The van der Waals surface area contributed by atoms with Crippen LogP contribution in [0.1, 0.15) is 18.1 Å². The lowest BCUT2D eigenvalue weighted by atomic mass is 10.1. The number of carbonyl (C=O) groups is 1. The highest BCUT2D eigenvalue weighted by molar-refractivity contribution is 5.89. The lowest BCUT2D eigenvalue weighted by Gasteiger charge is -2.11. The average molecular weight is 252 g/mol. The van der Waals surface area contributed by atoms with Crippen LogP contribution in [0.2, 0.25) is 0 Å². The van der Waals surface area contributed by atoms with Gasteiger partial charge in [-0.2, -0.15) is 0 Å². The lowest BCUT2D eigenvalue weighted by molar-refractivity contribution is 0.0965. The van der Waals surface area contributed by atoms with E-state index in [1.165, 1.54) is 11.1 Å². The van der Waals surface area contributed by atoms with Crippen molar-refractivity contribution in [3.05, 3.63) is 29.3 Å². The molecular formula is C13H20N2O3. The largest absolute Gasteiger partial charge is 0.394 e. The Morgan fingerprint density at radius 1 is 1.44 bits per heavy atom. The van der Waals surface area contributed by atoms with Crippen LogP contribution < -0.4 is 10.6 Å². The highest BCUT2D eigenvalue weighted by Gasteiger charge is 2.06. The number of anilines is 1. The second-order valence-electron chi connectivity index (χ2n) is 4.17. The number of aliphatic hydroxyl groups excluding tert-OH is 2. The maximum atomic E-state index is 11.5. The van der Waals surface area contributed by atoms with Crippen LogP contribution >= 0.6 is 0 Å². The molecule has 0 saturated heterocycles. The van der Waals surface area contributed by atoms with Crippen molar-refractivity contribution in [2.75, 3.05) is 18.5 Å². The van der Waals surface area contributed by atoms with Crippen LogP contribution in [0.3, 0.4) is 0 Å². The summed E-state index contributed by atoms with van der Waals surface area (Å²) in [6.45, 7) is 3.74.